The predicted molar refractivity (Wildman–Crippen MR) is 88.9 cm³/mol. The number of aromatic nitrogens is 1. The molecule has 2 aliphatic heterocycles. The number of carbonyl (C=O) groups is 1. The van der Waals surface area contributed by atoms with Gasteiger partial charge >= 0.3 is 5.97 Å². The van der Waals surface area contributed by atoms with Gasteiger partial charge in [-0.15, -0.1) is 0 Å². The van der Waals surface area contributed by atoms with Crippen molar-refractivity contribution in [3.8, 4) is 0 Å². The van der Waals surface area contributed by atoms with Gasteiger partial charge in [0.1, 0.15) is 18.1 Å². The van der Waals surface area contributed by atoms with Crippen LogP contribution in [-0.2, 0) is 20.9 Å². The van der Waals surface area contributed by atoms with E-state index in [4.69, 9.17) is 9.47 Å². The first-order valence-corrected chi connectivity index (χ1v) is 8.13. The molecule has 0 fully saturated rings. The maximum atomic E-state index is 13.8. The fourth-order valence-corrected chi connectivity index (χ4v) is 3.04. The molecule has 8 heteroatoms. The zero-order valence-corrected chi connectivity index (χ0v) is 14.7. The quantitative estimate of drug-likeness (QED) is 0.812. The van der Waals surface area contributed by atoms with Crippen molar-refractivity contribution >= 4 is 5.97 Å². The second kappa shape index (κ2) is 6.78. The second-order valence-electron chi connectivity index (χ2n) is 6.00. The van der Waals surface area contributed by atoms with Crippen molar-refractivity contribution in [1.29, 1.82) is 0 Å². The van der Waals surface area contributed by atoms with Crippen LogP contribution < -0.4 is 5.32 Å². The molecule has 2 aliphatic rings. The Morgan fingerprint density at radius 3 is 2.69 bits per heavy atom. The Morgan fingerprint density at radius 1 is 1.35 bits per heavy atom. The van der Waals surface area contributed by atoms with Gasteiger partial charge in [0.05, 0.1) is 24.6 Å². The van der Waals surface area contributed by atoms with E-state index in [9.17, 15) is 13.6 Å². The summed E-state index contributed by atoms with van der Waals surface area (Å²) in [7, 11) is 0. The number of nitrogens with one attached hydrogen (secondary N) is 1. The summed E-state index contributed by atoms with van der Waals surface area (Å²) in [6.07, 6.45) is 6.96. The van der Waals surface area contributed by atoms with E-state index >= 15 is 0 Å². The molecule has 0 saturated carbocycles. The first-order chi connectivity index (χ1) is 12.4. The predicted octanol–water partition coefficient (Wildman–Crippen LogP) is 2.70. The highest BCUT2D eigenvalue weighted by atomic mass is 19.1. The minimum absolute atomic E-state index is 0.209. The number of pyridine rings is 1. The van der Waals surface area contributed by atoms with Crippen LogP contribution in [0.25, 0.3) is 0 Å². The van der Waals surface area contributed by atoms with Gasteiger partial charge in [-0.25, -0.2) is 13.6 Å². The Labute approximate surface area is 149 Å². The Morgan fingerprint density at radius 2 is 2.04 bits per heavy atom. The number of halogens is 2. The Hall–Kier alpha value is -2.90. The molecule has 3 heterocycles. The molecular formula is C18H19F2N3O3. The lowest BCUT2D eigenvalue weighted by atomic mass is 10.1. The summed E-state index contributed by atoms with van der Waals surface area (Å²) in [5.74, 6) is -1.60. The van der Waals surface area contributed by atoms with Crippen LogP contribution in [0.2, 0.25) is 0 Å². The van der Waals surface area contributed by atoms with Crippen molar-refractivity contribution in [2.45, 2.75) is 33.0 Å². The summed E-state index contributed by atoms with van der Waals surface area (Å²) >= 11 is 0. The van der Waals surface area contributed by atoms with Crippen molar-refractivity contribution in [2.75, 3.05) is 6.61 Å². The van der Waals surface area contributed by atoms with Gasteiger partial charge in [-0.1, -0.05) is 0 Å². The molecule has 1 N–H and O–H groups in total. The van der Waals surface area contributed by atoms with Gasteiger partial charge in [0.2, 0.25) is 0 Å². The van der Waals surface area contributed by atoms with Crippen molar-refractivity contribution in [3.63, 3.8) is 0 Å². The Bertz CT molecular complexity index is 815. The third-order valence-electron chi connectivity index (χ3n) is 4.26. The number of rotatable bonds is 5. The lowest BCUT2D eigenvalue weighted by Crippen LogP contribution is -2.51. The van der Waals surface area contributed by atoms with Gasteiger partial charge < -0.3 is 19.7 Å². The first kappa shape index (κ1) is 17.9. The third kappa shape index (κ3) is 2.91. The molecular weight excluding hydrogens is 344 g/mol. The van der Waals surface area contributed by atoms with E-state index in [1.165, 1.54) is 0 Å². The second-order valence-corrected chi connectivity index (χ2v) is 6.00. The molecule has 26 heavy (non-hydrogen) atoms. The van der Waals surface area contributed by atoms with Crippen LogP contribution in [0.5, 0.6) is 0 Å². The molecule has 0 saturated heterocycles. The van der Waals surface area contributed by atoms with E-state index in [-0.39, 0.29) is 18.8 Å². The Kier molecular flexibility index (Phi) is 4.67. The van der Waals surface area contributed by atoms with Crippen LogP contribution in [0.4, 0.5) is 8.78 Å². The number of hydrogen-bond acceptors (Lipinski definition) is 6. The van der Waals surface area contributed by atoms with E-state index in [0.717, 1.165) is 12.4 Å². The minimum Gasteiger partial charge on any atom is -0.488 e. The highest BCUT2D eigenvalue weighted by Gasteiger charge is 2.47. The summed E-state index contributed by atoms with van der Waals surface area (Å²) < 4.78 is 38.4. The topological polar surface area (TPSA) is 63.7 Å². The molecule has 6 nitrogen and oxygen atoms in total. The molecule has 1 aromatic heterocycles. The molecule has 0 radical (unpaired) electrons. The van der Waals surface area contributed by atoms with Crippen molar-refractivity contribution in [1.82, 2.24) is 15.2 Å². The lowest BCUT2D eigenvalue weighted by Gasteiger charge is -2.39. The molecule has 0 aliphatic carbocycles. The average Bonchev–Trinajstić information content (AvgIpc) is 2.85. The molecule has 1 atom stereocenters. The molecule has 0 amide bonds. The number of nitrogens with zero attached hydrogens (tertiary/aromatic N) is 2. The van der Waals surface area contributed by atoms with Gasteiger partial charge in [-0.2, -0.15) is 0 Å². The van der Waals surface area contributed by atoms with Crippen molar-refractivity contribution in [3.05, 3.63) is 65.1 Å². The van der Waals surface area contributed by atoms with Crippen molar-refractivity contribution < 1.29 is 23.0 Å². The van der Waals surface area contributed by atoms with Gasteiger partial charge in [-0.3, -0.25) is 4.98 Å². The van der Waals surface area contributed by atoms with Gasteiger partial charge in [0, 0.05) is 11.9 Å². The summed E-state index contributed by atoms with van der Waals surface area (Å²) in [6, 6.07) is 0. The van der Waals surface area contributed by atoms with Gasteiger partial charge in [-0.05, 0) is 32.9 Å². The number of fused-ring (bicyclic) bond motifs is 1. The smallest absolute Gasteiger partial charge is 0.356 e. The molecule has 1 aromatic rings. The number of hydrogen-bond donors (Lipinski definition) is 1. The first-order valence-electron chi connectivity index (χ1n) is 8.13. The highest BCUT2D eigenvalue weighted by molar-refractivity contribution is 5.90. The zero-order valence-electron chi connectivity index (χ0n) is 14.7. The van der Waals surface area contributed by atoms with E-state index in [1.807, 2.05) is 0 Å². The standard InChI is InChI=1S/C18H19F2N3O3/c1-4-25-17(24)16-11(2)22-18(3)15(6-5-7-23(16)18)26-10-12-13(19)8-21-9-14(12)20/h5-9,22H,4,10H2,1-3H3. The van der Waals surface area contributed by atoms with E-state index < -0.39 is 23.3 Å². The van der Waals surface area contributed by atoms with E-state index in [0.29, 0.717) is 17.2 Å². The van der Waals surface area contributed by atoms with Crippen molar-refractivity contribution in [2.24, 2.45) is 0 Å². The van der Waals surface area contributed by atoms with E-state index in [1.54, 1.807) is 44.0 Å². The maximum Gasteiger partial charge on any atom is 0.356 e. The SMILES string of the molecule is CCOC(=O)C1=C(C)NC2(C)C(OCc3c(F)cncc3F)=CC=CN12. The lowest BCUT2D eigenvalue weighted by molar-refractivity contribution is -0.140. The van der Waals surface area contributed by atoms with Gasteiger partial charge in [0.15, 0.2) is 17.3 Å². The third-order valence-corrected chi connectivity index (χ3v) is 4.26. The summed E-state index contributed by atoms with van der Waals surface area (Å²) in [5.41, 5.74) is -0.130. The van der Waals surface area contributed by atoms with Crippen LogP contribution in [0.1, 0.15) is 26.3 Å². The van der Waals surface area contributed by atoms with Gasteiger partial charge in [0.25, 0.3) is 0 Å². The number of allylic oxidation sites excluding steroid dienone is 3. The summed E-state index contributed by atoms with van der Waals surface area (Å²) in [6.45, 7) is 5.23. The summed E-state index contributed by atoms with van der Waals surface area (Å²) in [4.78, 5) is 17.4. The van der Waals surface area contributed by atoms with Crippen LogP contribution in [-0.4, -0.2) is 28.1 Å². The fourth-order valence-electron chi connectivity index (χ4n) is 3.04. The monoisotopic (exact) mass is 363 g/mol. The normalized spacial score (nSPS) is 21.3. The molecule has 0 bridgehead atoms. The molecule has 0 aromatic carbocycles. The molecule has 1 unspecified atom stereocenters. The molecule has 3 rings (SSSR count). The van der Waals surface area contributed by atoms with Crippen LogP contribution >= 0.6 is 0 Å². The maximum absolute atomic E-state index is 13.8. The Balaban J connectivity index is 1.82. The number of ether oxygens (including phenoxy) is 2. The average molecular weight is 363 g/mol. The number of carbonyl (C=O) groups excluding carboxylic acids is 1. The molecule has 0 spiro atoms. The van der Waals surface area contributed by atoms with Crippen LogP contribution in [0.3, 0.4) is 0 Å². The zero-order chi connectivity index (χ0) is 18.9. The summed E-state index contributed by atoms with van der Waals surface area (Å²) in [5, 5.41) is 3.20. The largest absolute Gasteiger partial charge is 0.488 e. The highest BCUT2D eigenvalue weighted by Crippen LogP contribution is 2.38. The minimum atomic E-state index is -0.902. The fraction of sp³-hybridized carbons (Fsp3) is 0.333. The molecule has 138 valence electrons. The number of esters is 1. The van der Waals surface area contributed by atoms with E-state index in [2.05, 4.69) is 10.3 Å². The van der Waals surface area contributed by atoms with Crippen LogP contribution in [0, 0.1) is 11.6 Å². The van der Waals surface area contributed by atoms with Crippen LogP contribution in [0.15, 0.2) is 47.9 Å².